The lowest BCUT2D eigenvalue weighted by atomic mass is 9.99. The number of benzene rings is 2. The minimum Gasteiger partial charge on any atom is -0.342 e. The molecule has 1 aliphatic heterocycles. The number of piperazine rings is 1. The smallest absolute Gasteiger partial charge is 0.243 e. The van der Waals surface area contributed by atoms with Crippen LogP contribution in [0.15, 0.2) is 48.5 Å². The summed E-state index contributed by atoms with van der Waals surface area (Å²) in [5.41, 5.74) is 1.88. The van der Waals surface area contributed by atoms with E-state index in [4.69, 9.17) is 23.2 Å². The lowest BCUT2D eigenvalue weighted by Crippen LogP contribution is -2.62. The fraction of sp³-hybridized carbons (Fsp3) is 0.222. The van der Waals surface area contributed by atoms with Gasteiger partial charge in [0.15, 0.2) is 0 Å². The van der Waals surface area contributed by atoms with Gasteiger partial charge in [0.2, 0.25) is 11.8 Å². The van der Waals surface area contributed by atoms with Crippen LogP contribution in [0.5, 0.6) is 0 Å². The van der Waals surface area contributed by atoms with Gasteiger partial charge in [0.25, 0.3) is 0 Å². The van der Waals surface area contributed by atoms with E-state index in [0.717, 1.165) is 11.1 Å². The summed E-state index contributed by atoms with van der Waals surface area (Å²) in [5, 5.41) is 6.88. The lowest BCUT2D eigenvalue weighted by Gasteiger charge is -2.29. The van der Waals surface area contributed by atoms with Gasteiger partial charge in [-0.3, -0.25) is 9.59 Å². The molecule has 0 aliphatic carbocycles. The fourth-order valence-corrected chi connectivity index (χ4v) is 2.93. The van der Waals surface area contributed by atoms with E-state index in [0.29, 0.717) is 22.9 Å². The summed E-state index contributed by atoms with van der Waals surface area (Å²) in [4.78, 5) is 24.6. The van der Waals surface area contributed by atoms with E-state index in [-0.39, 0.29) is 11.8 Å². The van der Waals surface area contributed by atoms with Gasteiger partial charge in [0.05, 0.1) is 0 Å². The Balaban J connectivity index is 1.63. The number of carbonyl (C=O) groups is 2. The highest BCUT2D eigenvalue weighted by Gasteiger charge is 2.33. The minimum absolute atomic E-state index is 0.177. The van der Waals surface area contributed by atoms with Crippen molar-refractivity contribution >= 4 is 35.0 Å². The van der Waals surface area contributed by atoms with Gasteiger partial charge in [0.1, 0.15) is 12.1 Å². The Kier molecular flexibility index (Phi) is 5.07. The summed E-state index contributed by atoms with van der Waals surface area (Å²) in [6.45, 7) is 0. The van der Waals surface area contributed by atoms with Crippen LogP contribution in [0.1, 0.15) is 11.1 Å². The highest BCUT2D eigenvalue weighted by Crippen LogP contribution is 2.15. The van der Waals surface area contributed by atoms with Crippen LogP contribution in [0.3, 0.4) is 0 Å². The van der Waals surface area contributed by atoms with Gasteiger partial charge in [-0.05, 0) is 35.4 Å². The van der Waals surface area contributed by atoms with E-state index in [1.54, 1.807) is 24.3 Å². The summed E-state index contributed by atoms with van der Waals surface area (Å²) in [6.07, 6.45) is 0.866. The van der Waals surface area contributed by atoms with E-state index < -0.39 is 12.1 Å². The van der Waals surface area contributed by atoms with Crippen molar-refractivity contribution in [2.75, 3.05) is 0 Å². The van der Waals surface area contributed by atoms with Crippen LogP contribution in [0.25, 0.3) is 0 Å². The van der Waals surface area contributed by atoms with E-state index in [1.807, 2.05) is 24.3 Å². The molecule has 4 nitrogen and oxygen atoms in total. The van der Waals surface area contributed by atoms with Crippen molar-refractivity contribution in [3.05, 3.63) is 69.7 Å². The topological polar surface area (TPSA) is 58.2 Å². The third-order valence-corrected chi connectivity index (χ3v) is 4.48. The third-order valence-electron chi connectivity index (χ3n) is 3.97. The zero-order chi connectivity index (χ0) is 17.1. The van der Waals surface area contributed by atoms with Gasteiger partial charge in [-0.15, -0.1) is 0 Å². The van der Waals surface area contributed by atoms with Crippen LogP contribution in [0.2, 0.25) is 10.0 Å². The van der Waals surface area contributed by atoms with Crippen molar-refractivity contribution in [2.24, 2.45) is 0 Å². The molecule has 2 amide bonds. The van der Waals surface area contributed by atoms with E-state index >= 15 is 0 Å². The summed E-state index contributed by atoms with van der Waals surface area (Å²) in [5.74, 6) is -0.355. The van der Waals surface area contributed by atoms with Crippen LogP contribution in [0, 0.1) is 0 Å². The minimum atomic E-state index is -0.569. The van der Waals surface area contributed by atoms with Crippen LogP contribution in [-0.4, -0.2) is 23.9 Å². The third kappa shape index (κ3) is 4.08. The van der Waals surface area contributed by atoms with Gasteiger partial charge in [0, 0.05) is 22.9 Å². The predicted molar refractivity (Wildman–Crippen MR) is 94.2 cm³/mol. The molecular formula is C18H16Cl2N2O2. The molecule has 2 N–H and O–H groups in total. The molecular weight excluding hydrogens is 347 g/mol. The number of amides is 2. The first-order valence-corrected chi connectivity index (χ1v) is 8.36. The molecule has 0 aromatic heterocycles. The molecule has 1 saturated heterocycles. The predicted octanol–water partition coefficient (Wildman–Crippen LogP) is 2.76. The van der Waals surface area contributed by atoms with Crippen molar-refractivity contribution in [2.45, 2.75) is 24.9 Å². The Morgan fingerprint density at radius 1 is 0.667 bits per heavy atom. The summed E-state index contributed by atoms with van der Waals surface area (Å²) >= 11 is 11.7. The number of rotatable bonds is 4. The normalized spacial score (nSPS) is 20.4. The maximum Gasteiger partial charge on any atom is 0.243 e. The van der Waals surface area contributed by atoms with Gasteiger partial charge in [-0.2, -0.15) is 0 Å². The van der Waals surface area contributed by atoms with Crippen LogP contribution < -0.4 is 10.6 Å². The Labute approximate surface area is 150 Å². The largest absolute Gasteiger partial charge is 0.342 e. The molecule has 0 bridgehead atoms. The monoisotopic (exact) mass is 362 g/mol. The van der Waals surface area contributed by atoms with Crippen molar-refractivity contribution in [3.8, 4) is 0 Å². The molecule has 1 fully saturated rings. The molecule has 2 aromatic rings. The summed E-state index contributed by atoms with van der Waals surface area (Å²) in [7, 11) is 0. The average molecular weight is 363 g/mol. The zero-order valence-electron chi connectivity index (χ0n) is 12.8. The second-order valence-corrected chi connectivity index (χ2v) is 6.66. The van der Waals surface area contributed by atoms with Gasteiger partial charge in [-0.25, -0.2) is 0 Å². The number of nitrogens with one attached hydrogen (secondary N) is 2. The van der Waals surface area contributed by atoms with Gasteiger partial charge >= 0.3 is 0 Å². The Morgan fingerprint density at radius 3 is 1.33 bits per heavy atom. The maximum absolute atomic E-state index is 12.3. The zero-order valence-corrected chi connectivity index (χ0v) is 14.3. The van der Waals surface area contributed by atoms with Gasteiger partial charge in [-0.1, -0.05) is 47.5 Å². The second kappa shape index (κ2) is 7.24. The first-order chi connectivity index (χ1) is 11.5. The number of carbonyl (C=O) groups excluding carboxylic acids is 2. The average Bonchev–Trinajstić information content (AvgIpc) is 2.56. The van der Waals surface area contributed by atoms with E-state index in [1.165, 1.54) is 0 Å². The van der Waals surface area contributed by atoms with E-state index in [9.17, 15) is 9.59 Å². The Morgan fingerprint density at radius 2 is 1.00 bits per heavy atom. The standard InChI is InChI=1S/C18H16Cl2N2O2/c19-13-5-1-11(2-6-13)9-15-17(23)22-16(18(24)21-15)10-12-3-7-14(20)8-4-12/h1-8,15-16H,9-10H2,(H,21,24)(H,22,23)/t15-,16+. The lowest BCUT2D eigenvalue weighted by molar-refractivity contribution is -0.136. The molecule has 0 unspecified atom stereocenters. The van der Waals surface area contributed by atoms with Crippen LogP contribution in [-0.2, 0) is 22.4 Å². The van der Waals surface area contributed by atoms with Crippen molar-refractivity contribution in [1.82, 2.24) is 10.6 Å². The summed E-state index contributed by atoms with van der Waals surface area (Å²) < 4.78 is 0. The molecule has 0 radical (unpaired) electrons. The summed E-state index contributed by atoms with van der Waals surface area (Å²) in [6, 6.07) is 13.3. The van der Waals surface area contributed by atoms with Crippen molar-refractivity contribution < 1.29 is 9.59 Å². The SMILES string of the molecule is O=C1N[C@H](Cc2ccc(Cl)cc2)C(=O)N[C@H]1Cc1ccc(Cl)cc1. The second-order valence-electron chi connectivity index (χ2n) is 5.78. The molecule has 2 aromatic carbocycles. The number of halogens is 2. The molecule has 1 heterocycles. The fourth-order valence-electron chi connectivity index (χ4n) is 2.68. The van der Waals surface area contributed by atoms with Gasteiger partial charge < -0.3 is 10.6 Å². The molecule has 2 atom stereocenters. The van der Waals surface area contributed by atoms with Crippen molar-refractivity contribution in [1.29, 1.82) is 0 Å². The van der Waals surface area contributed by atoms with E-state index in [2.05, 4.69) is 10.6 Å². The molecule has 24 heavy (non-hydrogen) atoms. The van der Waals surface area contributed by atoms with Crippen LogP contribution >= 0.6 is 23.2 Å². The quantitative estimate of drug-likeness (QED) is 0.878. The number of hydrogen-bond donors (Lipinski definition) is 2. The Hall–Kier alpha value is -2.04. The highest BCUT2D eigenvalue weighted by atomic mass is 35.5. The molecule has 124 valence electrons. The first kappa shape index (κ1) is 16.8. The van der Waals surface area contributed by atoms with Crippen LogP contribution in [0.4, 0.5) is 0 Å². The maximum atomic E-state index is 12.3. The molecule has 0 saturated carbocycles. The molecule has 0 spiro atoms. The molecule has 1 aliphatic rings. The first-order valence-electron chi connectivity index (χ1n) is 7.61. The highest BCUT2D eigenvalue weighted by molar-refractivity contribution is 6.30. The molecule has 3 rings (SSSR count). The molecule has 6 heteroatoms. The Bertz CT molecular complexity index is 679. The number of hydrogen-bond acceptors (Lipinski definition) is 2. The van der Waals surface area contributed by atoms with Crippen molar-refractivity contribution in [3.63, 3.8) is 0 Å².